The largest absolute Gasteiger partial charge is 0.481 e. The Bertz CT molecular complexity index is 101. The predicted molar refractivity (Wildman–Crippen MR) is 33.7 cm³/mol. The summed E-state index contributed by atoms with van der Waals surface area (Å²) in [5, 5.41) is 8.16. The molecule has 4 N–H and O–H groups in total. The quantitative estimate of drug-likeness (QED) is 0.527. The summed E-state index contributed by atoms with van der Waals surface area (Å²) >= 11 is 0. The molecular weight excluding hydrogens is 120 g/mol. The van der Waals surface area contributed by atoms with Crippen LogP contribution < -0.4 is 6.15 Å². The van der Waals surface area contributed by atoms with Gasteiger partial charge in [-0.15, -0.1) is 0 Å². The average molecular weight is 132 g/mol. The highest BCUT2D eigenvalue weighted by molar-refractivity contribution is 5.66. The highest BCUT2D eigenvalue weighted by Gasteiger charge is 2.16. The normalized spacial score (nSPS) is 16.4. The number of aliphatic carboxylic acids is 1. The predicted octanol–water partition coefficient (Wildman–Crippen LogP) is -0.0613. The van der Waals surface area contributed by atoms with Crippen molar-refractivity contribution in [2.24, 2.45) is 0 Å². The van der Waals surface area contributed by atoms with Gasteiger partial charge in [-0.1, -0.05) is 0 Å². The van der Waals surface area contributed by atoms with Crippen LogP contribution in [0.2, 0.25) is 0 Å². The van der Waals surface area contributed by atoms with Crippen molar-refractivity contribution in [1.82, 2.24) is 11.1 Å². The van der Waals surface area contributed by atoms with Gasteiger partial charge in [0.05, 0.1) is 6.42 Å². The Balaban J connectivity index is 0.000000640. The summed E-state index contributed by atoms with van der Waals surface area (Å²) in [6.07, 6.45) is 0.292. The number of hydrogen-bond donors (Lipinski definition) is 2. The van der Waals surface area contributed by atoms with E-state index in [9.17, 15) is 4.79 Å². The van der Waals surface area contributed by atoms with Gasteiger partial charge in [0.1, 0.15) is 0 Å². The van der Waals surface area contributed by atoms with E-state index in [-0.39, 0.29) is 6.15 Å². The molecule has 0 unspecified atom stereocenters. The Morgan fingerprint density at radius 1 is 1.56 bits per heavy atom. The monoisotopic (exact) mass is 132 g/mol. The summed E-state index contributed by atoms with van der Waals surface area (Å²) < 4.78 is 0. The minimum absolute atomic E-state index is 0. The van der Waals surface area contributed by atoms with Crippen LogP contribution in [-0.4, -0.2) is 35.6 Å². The topological polar surface area (TPSA) is 75.3 Å². The van der Waals surface area contributed by atoms with Crippen LogP contribution >= 0.6 is 0 Å². The van der Waals surface area contributed by atoms with Crippen molar-refractivity contribution < 1.29 is 9.90 Å². The van der Waals surface area contributed by atoms with Crippen molar-refractivity contribution in [3.05, 3.63) is 0 Å². The van der Waals surface area contributed by atoms with E-state index >= 15 is 0 Å². The minimum atomic E-state index is -0.697. The van der Waals surface area contributed by atoms with Crippen LogP contribution in [0.5, 0.6) is 0 Å². The second-order valence-corrected chi connectivity index (χ2v) is 1.99. The van der Waals surface area contributed by atoms with Gasteiger partial charge in [-0.05, 0) is 0 Å². The Labute approximate surface area is 54.0 Å². The van der Waals surface area contributed by atoms with Crippen molar-refractivity contribution in [2.45, 2.75) is 6.42 Å². The molecule has 54 valence electrons. The van der Waals surface area contributed by atoms with E-state index in [0.717, 1.165) is 19.6 Å². The molecule has 0 amide bonds. The third-order valence-corrected chi connectivity index (χ3v) is 1.18. The average Bonchev–Trinajstić information content (AvgIpc) is 2.41. The maximum absolute atomic E-state index is 9.90. The first-order valence-electron chi connectivity index (χ1n) is 2.73. The molecule has 0 radical (unpaired) electrons. The molecule has 0 bridgehead atoms. The number of carboxylic acids is 1. The summed E-state index contributed by atoms with van der Waals surface area (Å²) in [5.41, 5.74) is 0. The van der Waals surface area contributed by atoms with Crippen molar-refractivity contribution in [2.75, 3.05) is 19.6 Å². The van der Waals surface area contributed by atoms with Crippen LogP contribution in [0, 0.1) is 0 Å². The molecule has 9 heavy (non-hydrogen) atoms. The Hall–Kier alpha value is -0.610. The number of hydrogen-bond acceptors (Lipinski definition) is 3. The van der Waals surface area contributed by atoms with E-state index in [0.29, 0.717) is 6.42 Å². The van der Waals surface area contributed by atoms with Crippen LogP contribution in [-0.2, 0) is 4.79 Å². The number of rotatable bonds is 3. The molecule has 0 atom stereocenters. The number of carboxylic acid groups (broad SMARTS) is 1. The zero-order valence-electron chi connectivity index (χ0n) is 5.34. The SMILES string of the molecule is N.O=C(O)CCN1CC1. The third-order valence-electron chi connectivity index (χ3n) is 1.18. The van der Waals surface area contributed by atoms with E-state index in [1.165, 1.54) is 0 Å². The molecule has 1 aliphatic rings. The van der Waals surface area contributed by atoms with Gasteiger partial charge in [-0.3, -0.25) is 4.79 Å². The Morgan fingerprint density at radius 3 is 2.44 bits per heavy atom. The lowest BCUT2D eigenvalue weighted by Gasteiger charge is -1.92. The lowest BCUT2D eigenvalue weighted by Crippen LogP contribution is -2.05. The molecule has 0 aliphatic carbocycles. The molecule has 0 aromatic heterocycles. The smallest absolute Gasteiger partial charge is 0.304 e. The summed E-state index contributed by atoms with van der Waals surface area (Å²) in [6.45, 7) is 2.91. The maximum atomic E-state index is 9.90. The van der Waals surface area contributed by atoms with E-state index in [1.54, 1.807) is 0 Å². The van der Waals surface area contributed by atoms with Crippen LogP contribution in [0.4, 0.5) is 0 Å². The zero-order valence-corrected chi connectivity index (χ0v) is 5.34. The van der Waals surface area contributed by atoms with Crippen molar-refractivity contribution in [3.8, 4) is 0 Å². The fourth-order valence-electron chi connectivity index (χ4n) is 0.548. The van der Waals surface area contributed by atoms with Crippen molar-refractivity contribution in [1.29, 1.82) is 0 Å². The first-order valence-corrected chi connectivity index (χ1v) is 2.73. The summed E-state index contributed by atoms with van der Waals surface area (Å²) in [7, 11) is 0. The Morgan fingerprint density at radius 2 is 2.11 bits per heavy atom. The Kier molecular flexibility index (Phi) is 3.19. The van der Waals surface area contributed by atoms with Gasteiger partial charge in [0, 0.05) is 19.6 Å². The van der Waals surface area contributed by atoms with Crippen LogP contribution in [0.1, 0.15) is 6.42 Å². The van der Waals surface area contributed by atoms with Gasteiger partial charge in [0.25, 0.3) is 0 Å². The summed E-state index contributed by atoms with van der Waals surface area (Å²) in [6, 6.07) is 0. The molecule has 0 aromatic rings. The third kappa shape index (κ3) is 3.93. The fraction of sp³-hybridized carbons (Fsp3) is 0.800. The maximum Gasteiger partial charge on any atom is 0.304 e. The standard InChI is InChI=1S/C5H9NO2.H3N/c7-5(8)1-2-6-3-4-6;/h1-4H2,(H,7,8);1H3. The molecule has 0 spiro atoms. The lowest BCUT2D eigenvalue weighted by atomic mass is 10.4. The molecule has 1 saturated heterocycles. The van der Waals surface area contributed by atoms with Gasteiger partial charge < -0.3 is 16.2 Å². The number of carbonyl (C=O) groups is 1. The molecule has 1 aliphatic heterocycles. The molecule has 0 aromatic carbocycles. The highest BCUT2D eigenvalue weighted by atomic mass is 16.4. The van der Waals surface area contributed by atoms with Crippen molar-refractivity contribution in [3.63, 3.8) is 0 Å². The molecule has 0 saturated carbocycles. The summed E-state index contributed by atoms with van der Waals surface area (Å²) in [4.78, 5) is 12.0. The molecule has 4 nitrogen and oxygen atoms in total. The van der Waals surface area contributed by atoms with Gasteiger partial charge in [0.2, 0.25) is 0 Å². The molecule has 4 heteroatoms. The van der Waals surface area contributed by atoms with Crippen LogP contribution in [0.15, 0.2) is 0 Å². The second-order valence-electron chi connectivity index (χ2n) is 1.99. The van der Waals surface area contributed by atoms with E-state index < -0.39 is 5.97 Å². The zero-order chi connectivity index (χ0) is 5.98. The van der Waals surface area contributed by atoms with Crippen LogP contribution in [0.25, 0.3) is 0 Å². The fourth-order valence-corrected chi connectivity index (χ4v) is 0.548. The first-order chi connectivity index (χ1) is 3.79. The van der Waals surface area contributed by atoms with E-state index in [4.69, 9.17) is 5.11 Å². The number of nitrogens with zero attached hydrogens (tertiary/aromatic N) is 1. The minimum Gasteiger partial charge on any atom is -0.481 e. The lowest BCUT2D eigenvalue weighted by molar-refractivity contribution is -0.137. The van der Waals surface area contributed by atoms with Crippen LogP contribution in [0.3, 0.4) is 0 Å². The van der Waals surface area contributed by atoms with Gasteiger partial charge in [0.15, 0.2) is 0 Å². The first kappa shape index (κ1) is 8.39. The molecule has 1 rings (SSSR count). The molecule has 1 fully saturated rings. The van der Waals surface area contributed by atoms with Crippen molar-refractivity contribution >= 4 is 5.97 Å². The van der Waals surface area contributed by atoms with Gasteiger partial charge in [-0.2, -0.15) is 0 Å². The highest BCUT2D eigenvalue weighted by Crippen LogP contribution is 2.02. The molecular formula is C5H12N2O2. The van der Waals surface area contributed by atoms with E-state index in [2.05, 4.69) is 4.90 Å². The van der Waals surface area contributed by atoms with Gasteiger partial charge >= 0.3 is 5.97 Å². The molecule has 1 heterocycles. The van der Waals surface area contributed by atoms with Gasteiger partial charge in [-0.25, -0.2) is 0 Å². The second kappa shape index (κ2) is 3.42. The summed E-state index contributed by atoms with van der Waals surface area (Å²) in [5.74, 6) is -0.697. The van der Waals surface area contributed by atoms with E-state index in [1.807, 2.05) is 0 Å².